The van der Waals surface area contributed by atoms with Gasteiger partial charge < -0.3 is 15.3 Å². The van der Waals surface area contributed by atoms with Gasteiger partial charge in [-0.05, 0) is 49.4 Å². The van der Waals surface area contributed by atoms with E-state index in [2.05, 4.69) is 10.3 Å². The summed E-state index contributed by atoms with van der Waals surface area (Å²) in [5.41, 5.74) is 5.38. The van der Waals surface area contributed by atoms with Crippen molar-refractivity contribution >= 4 is 28.4 Å². The van der Waals surface area contributed by atoms with Gasteiger partial charge in [-0.2, -0.15) is 5.10 Å². The molecule has 4 aromatic rings. The molecule has 2 amide bonds. The fourth-order valence-electron chi connectivity index (χ4n) is 4.90. The lowest BCUT2D eigenvalue weighted by atomic mass is 10.0. The topological polar surface area (TPSA) is 100 Å². The van der Waals surface area contributed by atoms with Crippen LogP contribution in [0.15, 0.2) is 66.9 Å². The first-order valence-electron chi connectivity index (χ1n) is 13.1. The number of nitrogens with zero attached hydrogens (tertiary/aromatic N) is 4. The number of aromatic nitrogens is 3. The van der Waals surface area contributed by atoms with E-state index >= 15 is 0 Å². The Balaban J connectivity index is 1.36. The number of rotatable bonds is 10. The maximum Gasteiger partial charge on any atom is 0.249 e. The van der Waals surface area contributed by atoms with Gasteiger partial charge in [0.1, 0.15) is 12.6 Å². The normalized spacial score (nSPS) is 13.9. The van der Waals surface area contributed by atoms with Crippen LogP contribution in [0.1, 0.15) is 41.3 Å². The van der Waals surface area contributed by atoms with Crippen molar-refractivity contribution in [2.45, 2.75) is 51.1 Å². The molecule has 1 fully saturated rings. The van der Waals surface area contributed by atoms with E-state index in [-0.39, 0.29) is 25.0 Å². The van der Waals surface area contributed by atoms with Crippen molar-refractivity contribution in [3.8, 4) is 0 Å². The van der Waals surface area contributed by atoms with Crippen LogP contribution < -0.4 is 10.2 Å². The van der Waals surface area contributed by atoms with E-state index in [9.17, 15) is 14.7 Å². The SMILES string of the molecule is Cc1c(CCO)c(C2CC2)nn1CC(=O)N[C@@H](Cc1ccccc1)C(=O)N(C)c1cnc2ccccc2c1. The predicted octanol–water partition coefficient (Wildman–Crippen LogP) is 3.54. The Hall–Kier alpha value is -4.04. The number of hydrogen-bond acceptors (Lipinski definition) is 5. The molecule has 8 nitrogen and oxygen atoms in total. The van der Waals surface area contributed by atoms with Crippen LogP contribution >= 0.6 is 0 Å². The van der Waals surface area contributed by atoms with E-state index in [4.69, 9.17) is 5.10 Å². The second kappa shape index (κ2) is 11.1. The van der Waals surface area contributed by atoms with Crippen LogP contribution in [0.25, 0.3) is 10.9 Å². The summed E-state index contributed by atoms with van der Waals surface area (Å²) < 4.78 is 1.70. The summed E-state index contributed by atoms with van der Waals surface area (Å²) >= 11 is 0. The third-order valence-electron chi connectivity index (χ3n) is 7.19. The van der Waals surface area contributed by atoms with Crippen molar-refractivity contribution in [2.75, 3.05) is 18.6 Å². The van der Waals surface area contributed by atoms with Gasteiger partial charge in [0, 0.05) is 37.1 Å². The highest BCUT2D eigenvalue weighted by Crippen LogP contribution is 2.41. The van der Waals surface area contributed by atoms with Crippen LogP contribution in [0.4, 0.5) is 5.69 Å². The fraction of sp³-hybridized carbons (Fsp3) is 0.333. The molecule has 0 radical (unpaired) electrons. The molecular formula is C30H33N5O3. The molecule has 0 saturated heterocycles. The number of carbonyl (C=O) groups is 2. The number of aliphatic hydroxyl groups is 1. The van der Waals surface area contributed by atoms with Gasteiger partial charge in [0.15, 0.2) is 0 Å². The van der Waals surface area contributed by atoms with Gasteiger partial charge in [0.05, 0.1) is 23.1 Å². The fourth-order valence-corrected chi connectivity index (χ4v) is 4.90. The molecule has 2 aromatic carbocycles. The summed E-state index contributed by atoms with van der Waals surface area (Å²) in [7, 11) is 1.71. The molecule has 1 aliphatic carbocycles. The van der Waals surface area contributed by atoms with Crippen molar-refractivity contribution in [1.82, 2.24) is 20.1 Å². The van der Waals surface area contributed by atoms with Crippen molar-refractivity contribution in [1.29, 1.82) is 0 Å². The van der Waals surface area contributed by atoms with Crippen LogP contribution in [0, 0.1) is 6.92 Å². The number of fused-ring (bicyclic) bond motifs is 1. The number of nitrogens with one attached hydrogen (secondary N) is 1. The summed E-state index contributed by atoms with van der Waals surface area (Å²) in [5.74, 6) is -0.0971. The molecule has 2 heterocycles. The number of carbonyl (C=O) groups excluding carboxylic acids is 2. The Morgan fingerprint density at radius 1 is 1.13 bits per heavy atom. The largest absolute Gasteiger partial charge is 0.396 e. The van der Waals surface area contributed by atoms with Crippen LogP contribution in [0.2, 0.25) is 0 Å². The molecule has 5 rings (SSSR count). The van der Waals surface area contributed by atoms with E-state index in [1.807, 2.05) is 67.6 Å². The minimum atomic E-state index is -0.767. The zero-order valence-corrected chi connectivity index (χ0v) is 21.8. The van der Waals surface area contributed by atoms with Gasteiger partial charge in [-0.15, -0.1) is 0 Å². The molecular weight excluding hydrogens is 478 g/mol. The summed E-state index contributed by atoms with van der Waals surface area (Å²) in [6.07, 6.45) is 4.74. The van der Waals surface area contributed by atoms with Gasteiger partial charge in [0.2, 0.25) is 11.8 Å². The Labute approximate surface area is 222 Å². The molecule has 38 heavy (non-hydrogen) atoms. The van der Waals surface area contributed by atoms with Crippen LogP contribution in [0.5, 0.6) is 0 Å². The zero-order valence-electron chi connectivity index (χ0n) is 21.8. The van der Waals surface area contributed by atoms with Gasteiger partial charge in [0.25, 0.3) is 0 Å². The molecule has 0 spiro atoms. The van der Waals surface area contributed by atoms with Crippen molar-refractivity contribution < 1.29 is 14.7 Å². The van der Waals surface area contributed by atoms with Gasteiger partial charge in [-0.1, -0.05) is 48.5 Å². The summed E-state index contributed by atoms with van der Waals surface area (Å²) in [4.78, 5) is 33.0. The quantitative estimate of drug-likeness (QED) is 0.339. The van der Waals surface area contributed by atoms with E-state index in [0.717, 1.165) is 46.3 Å². The van der Waals surface area contributed by atoms with Crippen molar-refractivity contribution in [3.05, 3.63) is 89.4 Å². The van der Waals surface area contributed by atoms with E-state index < -0.39 is 6.04 Å². The standard InChI is InChI=1S/C30H33N5O3/c1-20-25(14-15-36)29(22-12-13-22)33-35(20)19-28(37)32-27(16-21-8-4-3-5-9-21)30(38)34(2)24-17-23-10-6-7-11-26(23)31-18-24/h3-11,17-18,22,27,36H,12-16,19H2,1-2H3,(H,32,37)/t27-/m0/s1. The molecule has 0 unspecified atom stereocenters. The molecule has 1 aliphatic rings. The van der Waals surface area contributed by atoms with Gasteiger partial charge in [-0.3, -0.25) is 19.3 Å². The first-order chi connectivity index (χ1) is 18.4. The number of para-hydroxylation sites is 1. The summed E-state index contributed by atoms with van der Waals surface area (Å²) in [6, 6.07) is 18.6. The first-order valence-corrected chi connectivity index (χ1v) is 13.1. The minimum absolute atomic E-state index is 0.0107. The monoisotopic (exact) mass is 511 g/mol. The Kier molecular flexibility index (Phi) is 7.51. The Bertz CT molecular complexity index is 1450. The molecule has 1 saturated carbocycles. The maximum atomic E-state index is 13.7. The second-order valence-electron chi connectivity index (χ2n) is 9.95. The number of hydrogen-bond donors (Lipinski definition) is 2. The van der Waals surface area contributed by atoms with E-state index in [1.54, 1.807) is 22.8 Å². The van der Waals surface area contributed by atoms with E-state index in [1.165, 1.54) is 0 Å². The third-order valence-corrected chi connectivity index (χ3v) is 7.19. The molecule has 196 valence electrons. The van der Waals surface area contributed by atoms with Gasteiger partial charge in [-0.25, -0.2) is 0 Å². The molecule has 1 atom stereocenters. The molecule has 0 aliphatic heterocycles. The lowest BCUT2D eigenvalue weighted by Gasteiger charge is -2.25. The number of aliphatic hydroxyl groups excluding tert-OH is 1. The molecule has 2 aromatic heterocycles. The highest BCUT2D eigenvalue weighted by Gasteiger charge is 2.31. The minimum Gasteiger partial charge on any atom is -0.396 e. The maximum absolute atomic E-state index is 13.7. The van der Waals surface area contributed by atoms with Gasteiger partial charge >= 0.3 is 0 Å². The lowest BCUT2D eigenvalue weighted by Crippen LogP contribution is -2.49. The summed E-state index contributed by atoms with van der Waals surface area (Å²) in [5, 5.41) is 18.2. The predicted molar refractivity (Wildman–Crippen MR) is 147 cm³/mol. The van der Waals surface area contributed by atoms with Crippen LogP contribution in [-0.4, -0.2) is 51.4 Å². The molecule has 8 heteroatoms. The third kappa shape index (κ3) is 5.60. The van der Waals surface area contributed by atoms with Crippen LogP contribution in [0.3, 0.4) is 0 Å². The first kappa shape index (κ1) is 25.6. The average molecular weight is 512 g/mol. The number of benzene rings is 2. The second-order valence-corrected chi connectivity index (χ2v) is 9.95. The Morgan fingerprint density at radius 2 is 1.87 bits per heavy atom. The number of pyridine rings is 1. The number of likely N-dealkylation sites (N-methyl/N-ethyl adjacent to an activating group) is 1. The van der Waals surface area contributed by atoms with Crippen molar-refractivity contribution in [3.63, 3.8) is 0 Å². The molecule has 2 N–H and O–H groups in total. The molecule has 0 bridgehead atoms. The average Bonchev–Trinajstić information content (AvgIpc) is 3.74. The lowest BCUT2D eigenvalue weighted by molar-refractivity contribution is -0.127. The Morgan fingerprint density at radius 3 is 2.61 bits per heavy atom. The highest BCUT2D eigenvalue weighted by atomic mass is 16.3. The zero-order chi connectivity index (χ0) is 26.6. The number of anilines is 1. The van der Waals surface area contributed by atoms with Crippen LogP contribution in [-0.2, 0) is 29.0 Å². The summed E-state index contributed by atoms with van der Waals surface area (Å²) in [6.45, 7) is 1.99. The highest BCUT2D eigenvalue weighted by molar-refractivity contribution is 6.00. The van der Waals surface area contributed by atoms with E-state index in [0.29, 0.717) is 24.4 Å². The number of amides is 2. The smallest absolute Gasteiger partial charge is 0.249 e. The van der Waals surface area contributed by atoms with Crippen molar-refractivity contribution in [2.24, 2.45) is 0 Å².